The number of nitrogens with zero attached hydrogens (tertiary/aromatic N) is 1. The van der Waals surface area contributed by atoms with Crippen LogP contribution in [0.4, 0.5) is 5.69 Å². The van der Waals surface area contributed by atoms with Gasteiger partial charge in [0.1, 0.15) is 0 Å². The Balaban J connectivity index is 2.00. The van der Waals surface area contributed by atoms with E-state index in [9.17, 15) is 5.26 Å². The average molecular weight is 198 g/mol. The van der Waals surface area contributed by atoms with E-state index in [1.165, 1.54) is 24.8 Å². The molecule has 2 N–H and O–H groups in total. The van der Waals surface area contributed by atoms with E-state index in [0.29, 0.717) is 11.8 Å². The molecule has 1 aromatic carbocycles. The SMILES string of the molecule is N#CC1(c2ccc(N)cc2)[C@@H]2CCC[C@@H]21. The minimum absolute atomic E-state index is 0.161. The number of hydrogen-bond donors (Lipinski definition) is 1. The maximum absolute atomic E-state index is 9.40. The lowest BCUT2D eigenvalue weighted by Gasteiger charge is -2.12. The standard InChI is InChI=1S/C13H14N2/c14-8-13(11-2-1-3-12(11)13)9-4-6-10(15)7-5-9/h4-7,11-12H,1-3,15H2/t11-,12+,13?. The Morgan fingerprint density at radius 3 is 2.33 bits per heavy atom. The molecule has 2 nitrogen and oxygen atoms in total. The van der Waals surface area contributed by atoms with E-state index in [4.69, 9.17) is 5.73 Å². The summed E-state index contributed by atoms with van der Waals surface area (Å²) in [4.78, 5) is 0. The van der Waals surface area contributed by atoms with Crippen LogP contribution in [0.5, 0.6) is 0 Å². The van der Waals surface area contributed by atoms with Gasteiger partial charge in [-0.2, -0.15) is 5.26 Å². The van der Waals surface area contributed by atoms with Crippen molar-refractivity contribution in [3.05, 3.63) is 29.8 Å². The predicted molar refractivity (Wildman–Crippen MR) is 59.0 cm³/mol. The van der Waals surface area contributed by atoms with Crippen molar-refractivity contribution < 1.29 is 0 Å². The van der Waals surface area contributed by atoms with Crippen LogP contribution in [0.25, 0.3) is 0 Å². The molecule has 2 saturated carbocycles. The first-order valence-electron chi connectivity index (χ1n) is 5.56. The number of rotatable bonds is 1. The molecule has 0 radical (unpaired) electrons. The second-order valence-corrected chi connectivity index (χ2v) is 4.75. The third-order valence-corrected chi connectivity index (χ3v) is 4.15. The molecule has 2 fully saturated rings. The fourth-order valence-electron chi connectivity index (χ4n) is 3.37. The molecule has 2 heteroatoms. The zero-order valence-corrected chi connectivity index (χ0v) is 8.61. The molecule has 0 amide bonds. The molecule has 0 bridgehead atoms. The number of nitrogen functional groups attached to an aromatic ring is 1. The van der Waals surface area contributed by atoms with E-state index in [1.807, 2.05) is 24.3 Å². The fraction of sp³-hybridized carbons (Fsp3) is 0.462. The summed E-state index contributed by atoms with van der Waals surface area (Å²) in [6.07, 6.45) is 3.75. The number of anilines is 1. The second-order valence-electron chi connectivity index (χ2n) is 4.75. The van der Waals surface area contributed by atoms with Gasteiger partial charge in [0.25, 0.3) is 0 Å². The highest BCUT2D eigenvalue weighted by atomic mass is 14.7. The molecule has 0 spiro atoms. The topological polar surface area (TPSA) is 49.8 Å². The lowest BCUT2D eigenvalue weighted by Crippen LogP contribution is -2.11. The zero-order valence-electron chi connectivity index (χ0n) is 8.61. The van der Waals surface area contributed by atoms with Crippen LogP contribution >= 0.6 is 0 Å². The summed E-state index contributed by atoms with van der Waals surface area (Å²) < 4.78 is 0. The van der Waals surface area contributed by atoms with Gasteiger partial charge in [-0.25, -0.2) is 0 Å². The maximum Gasteiger partial charge on any atom is 0.0885 e. The molecule has 2 aliphatic rings. The number of hydrogen-bond acceptors (Lipinski definition) is 2. The van der Waals surface area contributed by atoms with Crippen molar-refractivity contribution in [2.45, 2.75) is 24.7 Å². The summed E-state index contributed by atoms with van der Waals surface area (Å²) in [7, 11) is 0. The van der Waals surface area contributed by atoms with Crippen LogP contribution in [0.3, 0.4) is 0 Å². The van der Waals surface area contributed by atoms with Crippen molar-refractivity contribution in [1.29, 1.82) is 5.26 Å². The van der Waals surface area contributed by atoms with Crippen molar-refractivity contribution in [3.63, 3.8) is 0 Å². The Kier molecular flexibility index (Phi) is 1.62. The molecular weight excluding hydrogens is 184 g/mol. The third kappa shape index (κ3) is 0.982. The number of benzene rings is 1. The van der Waals surface area contributed by atoms with Gasteiger partial charge in [-0.3, -0.25) is 0 Å². The Hall–Kier alpha value is -1.49. The first-order chi connectivity index (χ1) is 7.29. The normalized spacial score (nSPS) is 37.0. The summed E-state index contributed by atoms with van der Waals surface area (Å²) in [5.41, 5.74) is 7.45. The van der Waals surface area contributed by atoms with Gasteiger partial charge >= 0.3 is 0 Å². The second kappa shape index (κ2) is 2.76. The van der Waals surface area contributed by atoms with Gasteiger partial charge in [-0.05, 0) is 42.4 Å². The molecule has 3 rings (SSSR count). The lowest BCUT2D eigenvalue weighted by atomic mass is 9.89. The van der Waals surface area contributed by atoms with E-state index in [1.54, 1.807) is 0 Å². The third-order valence-electron chi connectivity index (χ3n) is 4.15. The molecule has 0 saturated heterocycles. The van der Waals surface area contributed by atoms with Crippen molar-refractivity contribution in [3.8, 4) is 6.07 Å². The van der Waals surface area contributed by atoms with Crippen LogP contribution in [0.2, 0.25) is 0 Å². The summed E-state index contributed by atoms with van der Waals surface area (Å²) in [5, 5.41) is 9.40. The molecule has 76 valence electrons. The molecule has 1 unspecified atom stereocenters. The number of nitriles is 1. The largest absolute Gasteiger partial charge is 0.399 e. The number of fused-ring (bicyclic) bond motifs is 1. The number of nitrogens with two attached hydrogens (primary N) is 1. The van der Waals surface area contributed by atoms with E-state index >= 15 is 0 Å². The highest BCUT2D eigenvalue weighted by Gasteiger charge is 2.67. The molecule has 15 heavy (non-hydrogen) atoms. The van der Waals surface area contributed by atoms with Crippen LogP contribution in [0.15, 0.2) is 24.3 Å². The van der Waals surface area contributed by atoms with E-state index in [2.05, 4.69) is 6.07 Å². The lowest BCUT2D eigenvalue weighted by molar-refractivity contribution is 0.605. The molecule has 0 aromatic heterocycles. The molecule has 0 heterocycles. The molecule has 1 aromatic rings. The summed E-state index contributed by atoms with van der Waals surface area (Å²) in [5.74, 6) is 1.23. The van der Waals surface area contributed by atoms with E-state index < -0.39 is 0 Å². The van der Waals surface area contributed by atoms with Crippen LogP contribution in [0, 0.1) is 23.2 Å². The zero-order chi connectivity index (χ0) is 10.5. The van der Waals surface area contributed by atoms with Gasteiger partial charge in [-0.1, -0.05) is 18.6 Å². The maximum atomic E-state index is 9.40. The predicted octanol–water partition coefficient (Wildman–Crippen LogP) is 2.46. The highest BCUT2D eigenvalue weighted by molar-refractivity contribution is 5.49. The Morgan fingerprint density at radius 2 is 1.80 bits per heavy atom. The van der Waals surface area contributed by atoms with Crippen LogP contribution < -0.4 is 5.73 Å². The van der Waals surface area contributed by atoms with Crippen molar-refractivity contribution >= 4 is 5.69 Å². The molecule has 2 aliphatic carbocycles. The summed E-state index contributed by atoms with van der Waals surface area (Å²) in [6, 6.07) is 10.4. The Bertz CT molecular complexity index is 417. The molecule has 0 aliphatic heterocycles. The van der Waals surface area contributed by atoms with E-state index in [0.717, 1.165) is 5.69 Å². The Labute approximate surface area is 89.7 Å². The first-order valence-corrected chi connectivity index (χ1v) is 5.56. The summed E-state index contributed by atoms with van der Waals surface area (Å²) in [6.45, 7) is 0. The quantitative estimate of drug-likeness (QED) is 0.705. The van der Waals surface area contributed by atoms with Gasteiger partial charge in [0.05, 0.1) is 11.5 Å². The van der Waals surface area contributed by atoms with Crippen LogP contribution in [-0.4, -0.2) is 0 Å². The Morgan fingerprint density at radius 1 is 1.20 bits per heavy atom. The first kappa shape index (κ1) is 8.79. The smallest absolute Gasteiger partial charge is 0.0885 e. The monoisotopic (exact) mass is 198 g/mol. The van der Waals surface area contributed by atoms with Crippen LogP contribution in [-0.2, 0) is 5.41 Å². The fourth-order valence-corrected chi connectivity index (χ4v) is 3.37. The van der Waals surface area contributed by atoms with Crippen molar-refractivity contribution in [2.75, 3.05) is 5.73 Å². The van der Waals surface area contributed by atoms with Crippen molar-refractivity contribution in [2.24, 2.45) is 11.8 Å². The highest BCUT2D eigenvalue weighted by Crippen LogP contribution is 2.67. The summed E-state index contributed by atoms with van der Waals surface area (Å²) >= 11 is 0. The molecule has 3 atom stereocenters. The van der Waals surface area contributed by atoms with Gasteiger partial charge in [0.2, 0.25) is 0 Å². The average Bonchev–Trinajstić information content (AvgIpc) is 2.65. The van der Waals surface area contributed by atoms with Crippen LogP contribution in [0.1, 0.15) is 24.8 Å². The minimum atomic E-state index is -0.161. The van der Waals surface area contributed by atoms with Gasteiger partial charge in [-0.15, -0.1) is 0 Å². The van der Waals surface area contributed by atoms with Gasteiger partial charge in [0.15, 0.2) is 0 Å². The van der Waals surface area contributed by atoms with Crippen molar-refractivity contribution in [1.82, 2.24) is 0 Å². The molecular formula is C13H14N2. The van der Waals surface area contributed by atoms with E-state index in [-0.39, 0.29) is 5.41 Å². The van der Waals surface area contributed by atoms with Gasteiger partial charge < -0.3 is 5.73 Å². The van der Waals surface area contributed by atoms with Gasteiger partial charge in [0, 0.05) is 5.69 Å². The minimum Gasteiger partial charge on any atom is -0.399 e.